The quantitative estimate of drug-likeness (QED) is 0.665. The maximum atomic E-state index is 9.64. The van der Waals surface area contributed by atoms with Gasteiger partial charge in [-0.15, -0.1) is 0 Å². The van der Waals surface area contributed by atoms with E-state index in [1.165, 1.54) is 0 Å². The minimum absolute atomic E-state index is 0.304. The summed E-state index contributed by atoms with van der Waals surface area (Å²) in [6, 6.07) is 1.97. The number of aryl methyl sites for hydroxylation is 3. The molecule has 2 aromatic heterocycles. The summed E-state index contributed by atoms with van der Waals surface area (Å²) in [7, 11) is 1.95. The Balaban J connectivity index is 2.96. The van der Waals surface area contributed by atoms with E-state index in [-0.39, 0.29) is 0 Å². The van der Waals surface area contributed by atoms with E-state index in [2.05, 4.69) is 4.98 Å². The van der Waals surface area contributed by atoms with Gasteiger partial charge < -0.3 is 9.67 Å². The van der Waals surface area contributed by atoms with Crippen LogP contribution in [0.2, 0.25) is 0 Å². The molecule has 0 atom stereocenters. The summed E-state index contributed by atoms with van der Waals surface area (Å²) in [6.45, 7) is 3.72. The van der Waals surface area contributed by atoms with Crippen molar-refractivity contribution in [3.8, 4) is 5.75 Å². The van der Waals surface area contributed by atoms with Gasteiger partial charge >= 0.3 is 0 Å². The zero-order chi connectivity index (χ0) is 9.59. The van der Waals surface area contributed by atoms with Gasteiger partial charge in [0.2, 0.25) is 0 Å². The summed E-state index contributed by atoms with van der Waals surface area (Å²) in [5.41, 5.74) is 2.52. The van der Waals surface area contributed by atoms with Crippen molar-refractivity contribution in [2.24, 2.45) is 7.05 Å². The molecule has 0 aliphatic heterocycles. The Morgan fingerprint density at radius 1 is 1.38 bits per heavy atom. The van der Waals surface area contributed by atoms with Gasteiger partial charge in [0.25, 0.3) is 0 Å². The molecule has 0 spiro atoms. The van der Waals surface area contributed by atoms with Crippen molar-refractivity contribution >= 4 is 11.0 Å². The molecule has 0 radical (unpaired) electrons. The van der Waals surface area contributed by atoms with E-state index in [1.807, 2.05) is 37.7 Å². The molecule has 0 aliphatic rings. The molecule has 0 unspecified atom stereocenters. The first kappa shape index (κ1) is 8.10. The zero-order valence-corrected chi connectivity index (χ0v) is 8.00. The van der Waals surface area contributed by atoms with Crippen LogP contribution in [0.5, 0.6) is 5.75 Å². The van der Waals surface area contributed by atoms with Crippen LogP contribution in [0.1, 0.15) is 11.3 Å². The van der Waals surface area contributed by atoms with Crippen molar-refractivity contribution in [3.63, 3.8) is 0 Å². The minimum Gasteiger partial charge on any atom is -0.506 e. The van der Waals surface area contributed by atoms with Crippen LogP contribution in [-0.2, 0) is 7.05 Å². The van der Waals surface area contributed by atoms with Gasteiger partial charge in [0.1, 0.15) is 11.4 Å². The lowest BCUT2D eigenvalue weighted by Gasteiger charge is -2.04. The Morgan fingerprint density at radius 2 is 2.08 bits per heavy atom. The van der Waals surface area contributed by atoms with Gasteiger partial charge in [0, 0.05) is 24.2 Å². The molecule has 2 aromatic rings. The van der Waals surface area contributed by atoms with Crippen LogP contribution in [0.4, 0.5) is 0 Å². The van der Waals surface area contributed by atoms with Gasteiger partial charge in [0.15, 0.2) is 0 Å². The van der Waals surface area contributed by atoms with E-state index in [0.29, 0.717) is 11.4 Å². The molecule has 0 aromatic carbocycles. The van der Waals surface area contributed by atoms with E-state index in [4.69, 9.17) is 0 Å². The van der Waals surface area contributed by atoms with Crippen molar-refractivity contribution in [1.82, 2.24) is 9.55 Å². The number of fused-ring (bicyclic) bond motifs is 1. The lowest BCUT2D eigenvalue weighted by molar-refractivity contribution is 0.465. The van der Waals surface area contributed by atoms with Gasteiger partial charge in [-0.05, 0) is 19.9 Å². The fraction of sp³-hybridized carbons (Fsp3) is 0.300. The summed E-state index contributed by atoms with van der Waals surface area (Å²) >= 11 is 0. The second-order valence-electron chi connectivity index (χ2n) is 3.33. The third kappa shape index (κ3) is 1.00. The fourth-order valence-electron chi connectivity index (χ4n) is 1.56. The molecule has 0 bridgehead atoms. The van der Waals surface area contributed by atoms with Crippen LogP contribution in [0.15, 0.2) is 12.3 Å². The molecule has 0 aliphatic carbocycles. The molecule has 0 saturated heterocycles. The number of nitrogens with zero attached hydrogens (tertiary/aromatic N) is 2. The second kappa shape index (κ2) is 2.49. The number of rotatable bonds is 0. The smallest absolute Gasteiger partial charge is 0.140 e. The van der Waals surface area contributed by atoms with Crippen LogP contribution in [0, 0.1) is 13.8 Å². The van der Waals surface area contributed by atoms with Gasteiger partial charge in [-0.25, -0.2) is 4.98 Å². The molecule has 3 nitrogen and oxygen atoms in total. The van der Waals surface area contributed by atoms with Crippen LogP contribution in [0.3, 0.4) is 0 Å². The second-order valence-corrected chi connectivity index (χ2v) is 3.33. The SMILES string of the molecule is Cc1nc2c(ccn2C)c(C)c1O. The third-order valence-corrected chi connectivity index (χ3v) is 2.42. The molecule has 1 N–H and O–H groups in total. The topological polar surface area (TPSA) is 38.0 Å². The average molecular weight is 176 g/mol. The van der Waals surface area contributed by atoms with Crippen molar-refractivity contribution < 1.29 is 5.11 Å². The van der Waals surface area contributed by atoms with Crippen LogP contribution < -0.4 is 0 Å². The molecule has 0 amide bonds. The lowest BCUT2D eigenvalue weighted by Crippen LogP contribution is -1.92. The Kier molecular flexibility index (Phi) is 1.55. The number of hydrogen-bond acceptors (Lipinski definition) is 2. The average Bonchev–Trinajstić information content (AvgIpc) is 2.45. The Hall–Kier alpha value is -1.51. The first-order valence-corrected chi connectivity index (χ1v) is 4.22. The van der Waals surface area contributed by atoms with E-state index in [9.17, 15) is 5.11 Å². The number of aromatic hydroxyl groups is 1. The minimum atomic E-state index is 0.304. The monoisotopic (exact) mass is 176 g/mol. The van der Waals surface area contributed by atoms with Crippen LogP contribution in [0.25, 0.3) is 11.0 Å². The molecular weight excluding hydrogens is 164 g/mol. The highest BCUT2D eigenvalue weighted by Gasteiger charge is 2.09. The normalized spacial score (nSPS) is 11.0. The van der Waals surface area contributed by atoms with E-state index >= 15 is 0 Å². The van der Waals surface area contributed by atoms with Crippen molar-refractivity contribution in [2.45, 2.75) is 13.8 Å². The number of hydrogen-bond donors (Lipinski definition) is 1. The Labute approximate surface area is 76.6 Å². The van der Waals surface area contributed by atoms with Crippen molar-refractivity contribution in [2.75, 3.05) is 0 Å². The summed E-state index contributed by atoms with van der Waals surface area (Å²) in [5, 5.41) is 10.7. The molecule has 0 fully saturated rings. The maximum Gasteiger partial charge on any atom is 0.140 e. The van der Waals surface area contributed by atoms with Crippen molar-refractivity contribution in [1.29, 1.82) is 0 Å². The molecule has 2 heterocycles. The summed E-state index contributed by atoms with van der Waals surface area (Å²) < 4.78 is 1.95. The first-order valence-electron chi connectivity index (χ1n) is 4.22. The molecule has 13 heavy (non-hydrogen) atoms. The molecular formula is C10H12N2O. The van der Waals surface area contributed by atoms with E-state index in [0.717, 1.165) is 16.6 Å². The molecule has 2 rings (SSSR count). The first-order chi connectivity index (χ1) is 6.11. The van der Waals surface area contributed by atoms with Gasteiger partial charge in [-0.1, -0.05) is 0 Å². The molecule has 68 valence electrons. The Bertz CT molecular complexity index is 471. The van der Waals surface area contributed by atoms with Gasteiger partial charge in [-0.2, -0.15) is 0 Å². The number of pyridine rings is 1. The standard InChI is InChI=1S/C10H12N2O/c1-6-8-4-5-12(3)10(8)11-7(2)9(6)13/h4-5,13H,1-3H3. The summed E-state index contributed by atoms with van der Waals surface area (Å²) in [6.07, 6.45) is 1.95. The van der Waals surface area contributed by atoms with E-state index < -0.39 is 0 Å². The fourth-order valence-corrected chi connectivity index (χ4v) is 1.56. The lowest BCUT2D eigenvalue weighted by atomic mass is 10.1. The molecule has 3 heteroatoms. The molecule has 0 saturated carbocycles. The highest BCUT2D eigenvalue weighted by Crippen LogP contribution is 2.27. The van der Waals surface area contributed by atoms with Crippen LogP contribution in [-0.4, -0.2) is 14.7 Å². The largest absolute Gasteiger partial charge is 0.506 e. The third-order valence-electron chi connectivity index (χ3n) is 2.42. The summed E-state index contributed by atoms with van der Waals surface area (Å²) in [5.74, 6) is 0.304. The Morgan fingerprint density at radius 3 is 2.77 bits per heavy atom. The van der Waals surface area contributed by atoms with Gasteiger partial charge in [-0.3, -0.25) is 0 Å². The van der Waals surface area contributed by atoms with Crippen molar-refractivity contribution in [3.05, 3.63) is 23.5 Å². The van der Waals surface area contributed by atoms with E-state index in [1.54, 1.807) is 0 Å². The maximum absolute atomic E-state index is 9.64. The van der Waals surface area contributed by atoms with Gasteiger partial charge in [0.05, 0.1) is 5.69 Å². The predicted molar refractivity (Wildman–Crippen MR) is 51.9 cm³/mol. The number of aromatic nitrogens is 2. The highest BCUT2D eigenvalue weighted by molar-refractivity contribution is 5.82. The highest BCUT2D eigenvalue weighted by atomic mass is 16.3. The summed E-state index contributed by atoms with van der Waals surface area (Å²) in [4.78, 5) is 4.31. The zero-order valence-electron chi connectivity index (χ0n) is 8.00. The predicted octanol–water partition coefficient (Wildman–Crippen LogP) is 1.90. The van der Waals surface area contributed by atoms with Crippen LogP contribution >= 0.6 is 0 Å².